The van der Waals surface area contributed by atoms with Crippen LogP contribution in [0.2, 0.25) is 5.02 Å². The highest BCUT2D eigenvalue weighted by Gasteiger charge is 2.04. The van der Waals surface area contributed by atoms with Crippen molar-refractivity contribution in [1.29, 1.82) is 0 Å². The lowest BCUT2D eigenvalue weighted by atomic mass is 10.2. The van der Waals surface area contributed by atoms with Gasteiger partial charge in [-0.3, -0.25) is 4.79 Å². The number of nitrogens with one attached hydrogen (secondary N) is 1. The van der Waals surface area contributed by atoms with Crippen LogP contribution in [-0.4, -0.2) is 10.9 Å². The maximum Gasteiger partial charge on any atom is 0.265 e. The molecule has 0 unspecified atom stereocenters. The van der Waals surface area contributed by atoms with Crippen molar-refractivity contribution in [1.82, 2.24) is 4.98 Å². The largest absolute Gasteiger partial charge is 0.364 e. The van der Waals surface area contributed by atoms with E-state index in [-0.39, 0.29) is 12.4 Å². The summed E-state index contributed by atoms with van der Waals surface area (Å²) in [6.45, 7) is 0. The Hall–Kier alpha value is -1.19. The molecule has 0 spiro atoms. The highest BCUT2D eigenvalue weighted by Crippen LogP contribution is 2.19. The average Bonchev–Trinajstić information content (AvgIpc) is 2.46. The lowest BCUT2D eigenvalue weighted by molar-refractivity contribution is 0.0996. The molecular weight excluding hydrogens is 223 g/mol. The number of benzene rings is 1. The van der Waals surface area contributed by atoms with Crippen LogP contribution in [0.1, 0.15) is 10.5 Å². The van der Waals surface area contributed by atoms with Crippen LogP contribution in [0.4, 0.5) is 0 Å². The predicted molar refractivity (Wildman–Crippen MR) is 59.1 cm³/mol. The minimum atomic E-state index is -0.465. The molecular formula is C9H8Cl2N2O. The molecule has 1 aromatic heterocycles. The molecule has 1 amide bonds. The molecule has 74 valence electrons. The number of amides is 1. The zero-order valence-electron chi connectivity index (χ0n) is 7.08. The summed E-state index contributed by atoms with van der Waals surface area (Å²) in [5, 5.41) is 1.53. The molecule has 1 heterocycles. The number of rotatable bonds is 1. The zero-order valence-corrected chi connectivity index (χ0v) is 8.65. The Balaban J connectivity index is 0.000000980. The molecule has 0 atom stereocenters. The highest BCUT2D eigenvalue weighted by atomic mass is 35.5. The number of aromatic nitrogens is 1. The highest BCUT2D eigenvalue weighted by molar-refractivity contribution is 6.31. The molecule has 0 bridgehead atoms. The fourth-order valence-electron chi connectivity index (χ4n) is 1.24. The third-order valence-corrected chi connectivity index (χ3v) is 2.08. The maximum atomic E-state index is 10.8. The quantitative estimate of drug-likeness (QED) is 0.777. The third-order valence-electron chi connectivity index (χ3n) is 1.85. The first kappa shape index (κ1) is 10.9. The SMILES string of the molecule is Cl.NC(=O)c1cc2cc(Cl)ccc2[nH]1. The Labute approximate surface area is 91.6 Å². The van der Waals surface area contributed by atoms with Crippen molar-refractivity contribution < 1.29 is 4.79 Å². The van der Waals surface area contributed by atoms with Crippen molar-refractivity contribution in [2.45, 2.75) is 0 Å². The van der Waals surface area contributed by atoms with Gasteiger partial charge in [0.05, 0.1) is 0 Å². The van der Waals surface area contributed by atoms with E-state index in [0.29, 0.717) is 10.7 Å². The van der Waals surface area contributed by atoms with E-state index < -0.39 is 5.91 Å². The van der Waals surface area contributed by atoms with E-state index >= 15 is 0 Å². The van der Waals surface area contributed by atoms with Crippen molar-refractivity contribution in [3.63, 3.8) is 0 Å². The third kappa shape index (κ3) is 1.84. The first-order valence-electron chi connectivity index (χ1n) is 3.75. The van der Waals surface area contributed by atoms with Gasteiger partial charge in [-0.05, 0) is 24.3 Å². The molecule has 2 aromatic rings. The molecule has 0 radical (unpaired) electrons. The smallest absolute Gasteiger partial charge is 0.265 e. The number of hydrogen-bond donors (Lipinski definition) is 2. The molecule has 5 heteroatoms. The van der Waals surface area contributed by atoms with Gasteiger partial charge in [0.2, 0.25) is 0 Å². The second kappa shape index (κ2) is 3.90. The number of nitrogens with two attached hydrogens (primary N) is 1. The van der Waals surface area contributed by atoms with E-state index in [9.17, 15) is 4.79 Å². The summed E-state index contributed by atoms with van der Waals surface area (Å²) in [6, 6.07) is 7.03. The summed E-state index contributed by atoms with van der Waals surface area (Å²) >= 11 is 5.78. The van der Waals surface area contributed by atoms with Crippen LogP contribution in [0.25, 0.3) is 10.9 Å². The Morgan fingerprint density at radius 3 is 2.71 bits per heavy atom. The molecule has 0 saturated carbocycles. The van der Waals surface area contributed by atoms with Crippen molar-refractivity contribution in [3.05, 3.63) is 35.0 Å². The van der Waals surface area contributed by atoms with Crippen LogP contribution >= 0.6 is 24.0 Å². The molecule has 14 heavy (non-hydrogen) atoms. The summed E-state index contributed by atoms with van der Waals surface area (Å²) in [7, 11) is 0. The molecule has 1 aromatic carbocycles. The molecule has 0 fully saturated rings. The Kier molecular flexibility index (Phi) is 3.03. The number of carbonyl (C=O) groups excluding carboxylic acids is 1. The summed E-state index contributed by atoms with van der Waals surface area (Å²) in [5.74, 6) is -0.465. The normalized spacial score (nSPS) is 9.79. The first-order chi connectivity index (χ1) is 6.16. The summed E-state index contributed by atoms with van der Waals surface area (Å²) in [4.78, 5) is 13.7. The summed E-state index contributed by atoms with van der Waals surface area (Å²) in [5.41, 5.74) is 6.37. The van der Waals surface area contributed by atoms with E-state index in [4.69, 9.17) is 17.3 Å². The molecule has 3 N–H and O–H groups in total. The van der Waals surface area contributed by atoms with Gasteiger partial charge in [0, 0.05) is 15.9 Å². The topological polar surface area (TPSA) is 58.9 Å². The van der Waals surface area contributed by atoms with Crippen molar-refractivity contribution in [2.75, 3.05) is 0 Å². The van der Waals surface area contributed by atoms with Crippen LogP contribution in [-0.2, 0) is 0 Å². The Morgan fingerprint density at radius 1 is 1.36 bits per heavy atom. The number of fused-ring (bicyclic) bond motifs is 1. The van der Waals surface area contributed by atoms with Crippen LogP contribution in [0.5, 0.6) is 0 Å². The number of halogens is 2. The number of H-pyrrole nitrogens is 1. The lowest BCUT2D eigenvalue weighted by Gasteiger charge is -1.88. The van der Waals surface area contributed by atoms with E-state index in [1.165, 1.54) is 0 Å². The molecule has 0 aliphatic carbocycles. The van der Waals surface area contributed by atoms with Gasteiger partial charge in [-0.2, -0.15) is 0 Å². The standard InChI is InChI=1S/C9H7ClN2O.ClH/c10-6-1-2-7-5(3-6)4-8(12-7)9(11)13;/h1-4,12H,(H2,11,13);1H. The zero-order chi connectivity index (χ0) is 9.42. The monoisotopic (exact) mass is 230 g/mol. The second-order valence-electron chi connectivity index (χ2n) is 2.78. The Bertz CT molecular complexity index is 479. The van der Waals surface area contributed by atoms with Crippen molar-refractivity contribution in [2.24, 2.45) is 5.73 Å². The van der Waals surface area contributed by atoms with Gasteiger partial charge in [-0.1, -0.05) is 11.6 Å². The van der Waals surface area contributed by atoms with Gasteiger partial charge in [-0.15, -0.1) is 12.4 Å². The lowest BCUT2D eigenvalue weighted by Crippen LogP contribution is -2.10. The Morgan fingerprint density at radius 2 is 2.07 bits per heavy atom. The van der Waals surface area contributed by atoms with Gasteiger partial charge in [0.25, 0.3) is 5.91 Å². The van der Waals surface area contributed by atoms with Gasteiger partial charge >= 0.3 is 0 Å². The molecule has 0 aliphatic heterocycles. The summed E-state index contributed by atoms with van der Waals surface area (Å²) < 4.78 is 0. The number of primary amides is 1. The maximum absolute atomic E-state index is 10.8. The molecule has 0 aliphatic rings. The van der Waals surface area contributed by atoms with E-state index in [1.54, 1.807) is 18.2 Å². The van der Waals surface area contributed by atoms with Crippen LogP contribution < -0.4 is 5.73 Å². The van der Waals surface area contributed by atoms with Crippen LogP contribution in [0.3, 0.4) is 0 Å². The van der Waals surface area contributed by atoms with Gasteiger partial charge in [-0.25, -0.2) is 0 Å². The number of aromatic amines is 1. The average molecular weight is 231 g/mol. The van der Waals surface area contributed by atoms with E-state index in [0.717, 1.165) is 10.9 Å². The van der Waals surface area contributed by atoms with Gasteiger partial charge in [0.15, 0.2) is 0 Å². The minimum Gasteiger partial charge on any atom is -0.364 e. The van der Waals surface area contributed by atoms with Crippen molar-refractivity contribution in [3.8, 4) is 0 Å². The molecule has 2 rings (SSSR count). The van der Waals surface area contributed by atoms with Crippen LogP contribution in [0.15, 0.2) is 24.3 Å². The minimum absolute atomic E-state index is 0. The van der Waals surface area contributed by atoms with E-state index in [2.05, 4.69) is 4.98 Å². The fourth-order valence-corrected chi connectivity index (χ4v) is 1.42. The first-order valence-corrected chi connectivity index (χ1v) is 4.13. The van der Waals surface area contributed by atoms with Crippen molar-refractivity contribution >= 4 is 40.8 Å². The van der Waals surface area contributed by atoms with Gasteiger partial charge in [0.1, 0.15) is 5.69 Å². The number of carbonyl (C=O) groups is 1. The fraction of sp³-hybridized carbons (Fsp3) is 0. The van der Waals surface area contributed by atoms with Crippen LogP contribution in [0, 0.1) is 0 Å². The second-order valence-corrected chi connectivity index (χ2v) is 3.22. The summed E-state index contributed by atoms with van der Waals surface area (Å²) in [6.07, 6.45) is 0. The van der Waals surface area contributed by atoms with Gasteiger partial charge < -0.3 is 10.7 Å². The number of hydrogen-bond acceptors (Lipinski definition) is 1. The van der Waals surface area contributed by atoms with E-state index in [1.807, 2.05) is 6.07 Å². The molecule has 0 saturated heterocycles. The molecule has 3 nitrogen and oxygen atoms in total. The predicted octanol–water partition coefficient (Wildman–Crippen LogP) is 2.34.